The fourth-order valence-electron chi connectivity index (χ4n) is 1.88. The fraction of sp³-hybridized carbons (Fsp3) is 0.250. The number of thioether (sulfide) groups is 1. The Labute approximate surface area is 113 Å². The van der Waals surface area contributed by atoms with Gasteiger partial charge in [0, 0.05) is 10.6 Å². The summed E-state index contributed by atoms with van der Waals surface area (Å²) in [6, 6.07) is 16.8. The van der Waals surface area contributed by atoms with Crippen LogP contribution < -0.4 is 5.73 Å². The topological polar surface area (TPSA) is 26.0 Å². The first-order valence-corrected chi connectivity index (χ1v) is 7.27. The van der Waals surface area contributed by atoms with Gasteiger partial charge in [-0.05, 0) is 48.8 Å². The van der Waals surface area contributed by atoms with Crippen molar-refractivity contribution >= 4 is 17.4 Å². The monoisotopic (exact) mass is 257 g/mol. The Bertz CT molecular complexity index is 494. The minimum absolute atomic E-state index is 0.853. The average molecular weight is 257 g/mol. The molecule has 1 nitrogen and oxygen atoms in total. The zero-order valence-corrected chi connectivity index (χ0v) is 11.5. The predicted molar refractivity (Wildman–Crippen MR) is 81.1 cm³/mol. The molecule has 0 bridgehead atoms. The van der Waals surface area contributed by atoms with E-state index in [9.17, 15) is 0 Å². The van der Waals surface area contributed by atoms with Crippen LogP contribution in [0.1, 0.15) is 17.5 Å². The summed E-state index contributed by atoms with van der Waals surface area (Å²) in [5, 5.41) is 0. The van der Waals surface area contributed by atoms with Crippen molar-refractivity contribution in [2.24, 2.45) is 0 Å². The Balaban J connectivity index is 1.80. The van der Waals surface area contributed by atoms with E-state index in [-0.39, 0.29) is 0 Å². The van der Waals surface area contributed by atoms with Gasteiger partial charge in [0.25, 0.3) is 0 Å². The number of rotatable bonds is 5. The van der Waals surface area contributed by atoms with Crippen molar-refractivity contribution in [3.05, 3.63) is 59.7 Å². The van der Waals surface area contributed by atoms with Crippen LogP contribution in [0.2, 0.25) is 0 Å². The van der Waals surface area contributed by atoms with E-state index in [0.717, 1.165) is 17.9 Å². The first-order valence-electron chi connectivity index (χ1n) is 6.28. The molecule has 2 heteroatoms. The summed E-state index contributed by atoms with van der Waals surface area (Å²) < 4.78 is 0. The number of nitrogens with two attached hydrogens (primary N) is 1. The standard InChI is InChI=1S/C16H19NS/c1-13-9-10-15(17)12-16(13)18-11-5-8-14-6-3-2-4-7-14/h2-4,6-7,9-10,12H,5,8,11,17H2,1H3. The molecule has 0 atom stereocenters. The van der Waals surface area contributed by atoms with E-state index in [1.807, 2.05) is 17.8 Å². The lowest BCUT2D eigenvalue weighted by molar-refractivity contribution is 0.933. The van der Waals surface area contributed by atoms with E-state index in [2.05, 4.69) is 49.4 Å². The Kier molecular flexibility index (Phi) is 4.71. The lowest BCUT2D eigenvalue weighted by Crippen LogP contribution is -1.90. The van der Waals surface area contributed by atoms with Crippen molar-refractivity contribution in [3.63, 3.8) is 0 Å². The van der Waals surface area contributed by atoms with Gasteiger partial charge in [-0.3, -0.25) is 0 Å². The molecular weight excluding hydrogens is 238 g/mol. The zero-order chi connectivity index (χ0) is 12.8. The molecule has 0 heterocycles. The number of hydrogen-bond donors (Lipinski definition) is 1. The molecule has 0 aliphatic carbocycles. The second kappa shape index (κ2) is 6.50. The van der Waals surface area contributed by atoms with Gasteiger partial charge < -0.3 is 5.73 Å². The molecule has 0 unspecified atom stereocenters. The third-order valence-corrected chi connectivity index (χ3v) is 4.17. The van der Waals surface area contributed by atoms with Gasteiger partial charge in [-0.15, -0.1) is 11.8 Å². The zero-order valence-electron chi connectivity index (χ0n) is 10.7. The largest absolute Gasteiger partial charge is 0.399 e. The van der Waals surface area contributed by atoms with E-state index in [4.69, 9.17) is 5.73 Å². The molecule has 0 fully saturated rings. The molecule has 2 rings (SSSR count). The van der Waals surface area contributed by atoms with Gasteiger partial charge in [0.05, 0.1) is 0 Å². The van der Waals surface area contributed by atoms with Crippen LogP contribution in [0.3, 0.4) is 0 Å². The van der Waals surface area contributed by atoms with Crippen LogP contribution >= 0.6 is 11.8 Å². The lowest BCUT2D eigenvalue weighted by atomic mass is 10.1. The summed E-state index contributed by atoms with van der Waals surface area (Å²) in [4.78, 5) is 1.31. The molecule has 0 spiro atoms. The summed E-state index contributed by atoms with van der Waals surface area (Å²) in [6.07, 6.45) is 2.35. The maximum absolute atomic E-state index is 5.81. The van der Waals surface area contributed by atoms with Crippen molar-refractivity contribution in [3.8, 4) is 0 Å². The Morgan fingerprint density at radius 2 is 1.83 bits per heavy atom. The molecule has 0 aliphatic rings. The number of anilines is 1. The van der Waals surface area contributed by atoms with Crippen LogP contribution in [0, 0.1) is 6.92 Å². The van der Waals surface area contributed by atoms with Gasteiger partial charge in [0.1, 0.15) is 0 Å². The Morgan fingerprint density at radius 1 is 1.06 bits per heavy atom. The first kappa shape index (κ1) is 13.0. The average Bonchev–Trinajstić information content (AvgIpc) is 2.40. The molecular formula is C16H19NS. The summed E-state index contributed by atoms with van der Waals surface area (Å²) in [6.45, 7) is 2.14. The van der Waals surface area contributed by atoms with E-state index in [1.165, 1.54) is 22.4 Å². The SMILES string of the molecule is Cc1ccc(N)cc1SCCCc1ccccc1. The highest BCUT2D eigenvalue weighted by molar-refractivity contribution is 7.99. The molecule has 2 aromatic carbocycles. The highest BCUT2D eigenvalue weighted by Gasteiger charge is 2.00. The lowest BCUT2D eigenvalue weighted by Gasteiger charge is -2.06. The van der Waals surface area contributed by atoms with Crippen molar-refractivity contribution in [1.82, 2.24) is 0 Å². The van der Waals surface area contributed by atoms with E-state index in [0.29, 0.717) is 0 Å². The van der Waals surface area contributed by atoms with Crippen molar-refractivity contribution < 1.29 is 0 Å². The van der Waals surface area contributed by atoms with Gasteiger partial charge in [-0.25, -0.2) is 0 Å². The molecule has 94 valence electrons. The van der Waals surface area contributed by atoms with Gasteiger partial charge in [-0.2, -0.15) is 0 Å². The summed E-state index contributed by atoms with van der Waals surface area (Å²) in [5.41, 5.74) is 9.40. The maximum atomic E-state index is 5.81. The molecule has 18 heavy (non-hydrogen) atoms. The number of nitrogen functional groups attached to an aromatic ring is 1. The number of benzene rings is 2. The third-order valence-electron chi connectivity index (χ3n) is 2.92. The highest BCUT2D eigenvalue weighted by atomic mass is 32.2. The van der Waals surface area contributed by atoms with Gasteiger partial charge >= 0.3 is 0 Å². The van der Waals surface area contributed by atoms with Crippen LogP contribution in [0.4, 0.5) is 5.69 Å². The van der Waals surface area contributed by atoms with E-state index < -0.39 is 0 Å². The number of aryl methyl sites for hydroxylation is 2. The second-order valence-electron chi connectivity index (χ2n) is 4.46. The molecule has 0 saturated carbocycles. The second-order valence-corrected chi connectivity index (χ2v) is 5.60. The van der Waals surface area contributed by atoms with E-state index in [1.54, 1.807) is 0 Å². The normalized spacial score (nSPS) is 10.5. The minimum Gasteiger partial charge on any atom is -0.399 e. The summed E-state index contributed by atoms with van der Waals surface area (Å²) >= 11 is 1.90. The quantitative estimate of drug-likeness (QED) is 0.491. The van der Waals surface area contributed by atoms with Crippen LogP contribution in [-0.2, 0) is 6.42 Å². The smallest absolute Gasteiger partial charge is 0.0325 e. The maximum Gasteiger partial charge on any atom is 0.0325 e. The van der Waals surface area contributed by atoms with Crippen molar-refractivity contribution in [2.75, 3.05) is 11.5 Å². The van der Waals surface area contributed by atoms with Crippen molar-refractivity contribution in [2.45, 2.75) is 24.7 Å². The number of hydrogen-bond acceptors (Lipinski definition) is 2. The molecule has 0 saturated heterocycles. The van der Waals surface area contributed by atoms with Crippen molar-refractivity contribution in [1.29, 1.82) is 0 Å². The van der Waals surface area contributed by atoms with Crippen LogP contribution in [-0.4, -0.2) is 5.75 Å². The molecule has 2 N–H and O–H groups in total. The van der Waals surface area contributed by atoms with Gasteiger partial charge in [0.2, 0.25) is 0 Å². The minimum atomic E-state index is 0.853. The van der Waals surface area contributed by atoms with Crippen LogP contribution in [0.25, 0.3) is 0 Å². The summed E-state index contributed by atoms with van der Waals surface area (Å²) in [5.74, 6) is 1.14. The van der Waals surface area contributed by atoms with Crippen LogP contribution in [0.15, 0.2) is 53.4 Å². The summed E-state index contributed by atoms with van der Waals surface area (Å²) in [7, 11) is 0. The third kappa shape index (κ3) is 3.81. The van der Waals surface area contributed by atoms with E-state index >= 15 is 0 Å². The molecule has 0 aliphatic heterocycles. The first-order chi connectivity index (χ1) is 8.75. The van der Waals surface area contributed by atoms with Crippen LogP contribution in [0.5, 0.6) is 0 Å². The van der Waals surface area contributed by atoms with Gasteiger partial charge in [0.15, 0.2) is 0 Å². The predicted octanol–water partition coefficient (Wildman–Crippen LogP) is 4.30. The molecule has 0 aromatic heterocycles. The fourth-order valence-corrected chi connectivity index (χ4v) is 2.90. The molecule has 0 amide bonds. The Hall–Kier alpha value is -1.41. The van der Waals surface area contributed by atoms with Gasteiger partial charge in [-0.1, -0.05) is 36.4 Å². The molecule has 0 radical (unpaired) electrons. The highest BCUT2D eigenvalue weighted by Crippen LogP contribution is 2.25. The molecule has 2 aromatic rings. The Morgan fingerprint density at radius 3 is 2.61 bits per heavy atom.